The number of amides is 1. The highest BCUT2D eigenvalue weighted by molar-refractivity contribution is 5.99. The van der Waals surface area contributed by atoms with Crippen molar-refractivity contribution < 1.29 is 9.59 Å². The largest absolute Gasteiger partial charge is 0.339 e. The third kappa shape index (κ3) is 3.93. The fourth-order valence-corrected chi connectivity index (χ4v) is 2.83. The standard InChI is InChI=1S/C18H25NO2/c1-3-4-8-17(20)15-9-10-16(14(2)13-15)18(21)19-11-6-5-7-12-19/h9-10,13H,3-8,11-12H2,1-2H3. The van der Waals surface area contributed by atoms with Crippen molar-refractivity contribution in [2.75, 3.05) is 13.1 Å². The quantitative estimate of drug-likeness (QED) is 0.768. The molecular weight excluding hydrogens is 262 g/mol. The lowest BCUT2D eigenvalue weighted by Gasteiger charge is -2.27. The minimum atomic E-state index is 0.111. The summed E-state index contributed by atoms with van der Waals surface area (Å²) in [6, 6.07) is 5.50. The fraction of sp³-hybridized carbons (Fsp3) is 0.556. The molecule has 1 aromatic rings. The number of piperidine rings is 1. The Morgan fingerprint density at radius 3 is 2.48 bits per heavy atom. The summed E-state index contributed by atoms with van der Waals surface area (Å²) in [5, 5.41) is 0. The molecule has 0 radical (unpaired) electrons. The van der Waals surface area contributed by atoms with E-state index in [2.05, 4.69) is 6.92 Å². The third-order valence-electron chi connectivity index (χ3n) is 4.18. The molecule has 3 heteroatoms. The van der Waals surface area contributed by atoms with Crippen LogP contribution in [0.25, 0.3) is 0 Å². The summed E-state index contributed by atoms with van der Waals surface area (Å²) in [6.45, 7) is 5.72. The lowest BCUT2D eigenvalue weighted by atomic mass is 9.99. The first kappa shape index (κ1) is 15.7. The zero-order valence-corrected chi connectivity index (χ0v) is 13.2. The van der Waals surface area contributed by atoms with Gasteiger partial charge in [-0.3, -0.25) is 9.59 Å². The molecule has 0 aliphatic carbocycles. The number of nitrogens with zero attached hydrogens (tertiary/aromatic N) is 1. The van der Waals surface area contributed by atoms with Gasteiger partial charge in [0.25, 0.3) is 5.91 Å². The molecule has 0 bridgehead atoms. The van der Waals surface area contributed by atoms with E-state index >= 15 is 0 Å². The van der Waals surface area contributed by atoms with Crippen LogP contribution in [0.3, 0.4) is 0 Å². The molecule has 0 spiro atoms. The molecular formula is C18H25NO2. The first-order chi connectivity index (χ1) is 10.1. The predicted octanol–water partition coefficient (Wildman–Crippen LogP) is 3.99. The summed E-state index contributed by atoms with van der Waals surface area (Å²) < 4.78 is 0. The maximum atomic E-state index is 12.5. The lowest BCUT2D eigenvalue weighted by Crippen LogP contribution is -2.36. The van der Waals surface area contributed by atoms with Crippen LogP contribution in [0.5, 0.6) is 0 Å². The zero-order chi connectivity index (χ0) is 15.2. The highest BCUT2D eigenvalue weighted by atomic mass is 16.2. The van der Waals surface area contributed by atoms with Crippen molar-refractivity contribution in [3.8, 4) is 0 Å². The Hall–Kier alpha value is -1.64. The SMILES string of the molecule is CCCCC(=O)c1ccc(C(=O)N2CCCCC2)c(C)c1. The Balaban J connectivity index is 2.11. The van der Waals surface area contributed by atoms with Crippen molar-refractivity contribution in [3.63, 3.8) is 0 Å². The first-order valence-corrected chi connectivity index (χ1v) is 8.06. The van der Waals surface area contributed by atoms with Crippen LogP contribution in [0, 0.1) is 6.92 Å². The second-order valence-electron chi connectivity index (χ2n) is 5.91. The summed E-state index contributed by atoms with van der Waals surface area (Å²) >= 11 is 0. The van der Waals surface area contributed by atoms with Gasteiger partial charge in [-0.25, -0.2) is 0 Å². The second kappa shape index (κ2) is 7.39. The summed E-state index contributed by atoms with van der Waals surface area (Å²) in [5.41, 5.74) is 2.38. The number of rotatable bonds is 5. The molecule has 1 aromatic carbocycles. The molecule has 0 aromatic heterocycles. The summed E-state index contributed by atoms with van der Waals surface area (Å²) in [6.07, 6.45) is 5.95. The Bertz CT molecular complexity index is 516. The third-order valence-corrected chi connectivity index (χ3v) is 4.18. The lowest BCUT2D eigenvalue weighted by molar-refractivity contribution is 0.0723. The number of aryl methyl sites for hydroxylation is 1. The maximum Gasteiger partial charge on any atom is 0.254 e. The Labute approximate surface area is 127 Å². The number of unbranched alkanes of at least 4 members (excludes halogenated alkanes) is 1. The molecule has 1 fully saturated rings. The van der Waals surface area contributed by atoms with E-state index in [0.29, 0.717) is 6.42 Å². The molecule has 21 heavy (non-hydrogen) atoms. The van der Waals surface area contributed by atoms with Crippen LogP contribution in [0.2, 0.25) is 0 Å². The Morgan fingerprint density at radius 1 is 1.14 bits per heavy atom. The van der Waals surface area contributed by atoms with E-state index < -0.39 is 0 Å². The second-order valence-corrected chi connectivity index (χ2v) is 5.91. The van der Waals surface area contributed by atoms with Crippen molar-refractivity contribution in [1.82, 2.24) is 4.90 Å². The number of Topliss-reactive ketones (excluding diaryl/α,β-unsaturated/α-hetero) is 1. The van der Waals surface area contributed by atoms with E-state index in [1.54, 1.807) is 0 Å². The molecule has 1 heterocycles. The summed E-state index contributed by atoms with van der Waals surface area (Å²) in [7, 11) is 0. The monoisotopic (exact) mass is 287 g/mol. The highest BCUT2D eigenvalue weighted by Gasteiger charge is 2.20. The molecule has 1 saturated heterocycles. The minimum Gasteiger partial charge on any atom is -0.339 e. The molecule has 0 saturated carbocycles. The smallest absolute Gasteiger partial charge is 0.254 e. The van der Waals surface area contributed by atoms with Crippen LogP contribution in [-0.4, -0.2) is 29.7 Å². The highest BCUT2D eigenvalue weighted by Crippen LogP contribution is 2.18. The minimum absolute atomic E-state index is 0.111. The van der Waals surface area contributed by atoms with E-state index in [-0.39, 0.29) is 11.7 Å². The van der Waals surface area contributed by atoms with Crippen molar-refractivity contribution in [3.05, 3.63) is 34.9 Å². The normalized spacial score (nSPS) is 15.0. The summed E-state index contributed by atoms with van der Waals surface area (Å²) in [4.78, 5) is 26.5. The van der Waals surface area contributed by atoms with E-state index in [0.717, 1.165) is 55.5 Å². The van der Waals surface area contributed by atoms with Gasteiger partial charge < -0.3 is 4.90 Å². The topological polar surface area (TPSA) is 37.4 Å². The van der Waals surface area contributed by atoms with E-state index in [9.17, 15) is 9.59 Å². The van der Waals surface area contributed by atoms with Crippen LogP contribution in [0.15, 0.2) is 18.2 Å². The number of carbonyl (C=O) groups is 2. The van der Waals surface area contributed by atoms with Gasteiger partial charge in [0.2, 0.25) is 0 Å². The van der Waals surface area contributed by atoms with Crippen LogP contribution >= 0.6 is 0 Å². The molecule has 3 nitrogen and oxygen atoms in total. The fourth-order valence-electron chi connectivity index (χ4n) is 2.83. The predicted molar refractivity (Wildman–Crippen MR) is 84.8 cm³/mol. The maximum absolute atomic E-state index is 12.5. The molecule has 1 aliphatic heterocycles. The van der Waals surface area contributed by atoms with Crippen molar-refractivity contribution in [2.24, 2.45) is 0 Å². The molecule has 114 valence electrons. The van der Waals surface area contributed by atoms with Gasteiger partial charge >= 0.3 is 0 Å². The van der Waals surface area contributed by atoms with Gasteiger partial charge in [-0.15, -0.1) is 0 Å². The first-order valence-electron chi connectivity index (χ1n) is 8.06. The molecule has 0 unspecified atom stereocenters. The van der Waals surface area contributed by atoms with Crippen molar-refractivity contribution >= 4 is 11.7 Å². The van der Waals surface area contributed by atoms with Gasteiger partial charge in [-0.2, -0.15) is 0 Å². The number of carbonyl (C=O) groups excluding carboxylic acids is 2. The average molecular weight is 287 g/mol. The van der Waals surface area contributed by atoms with E-state index in [1.165, 1.54) is 6.42 Å². The van der Waals surface area contributed by atoms with Gasteiger partial charge in [-0.05, 0) is 50.3 Å². The Kier molecular flexibility index (Phi) is 5.54. The number of ketones is 1. The van der Waals surface area contributed by atoms with Gasteiger partial charge in [-0.1, -0.05) is 19.4 Å². The van der Waals surface area contributed by atoms with Gasteiger partial charge in [0.15, 0.2) is 5.78 Å². The van der Waals surface area contributed by atoms with Gasteiger partial charge in [0.1, 0.15) is 0 Å². The zero-order valence-electron chi connectivity index (χ0n) is 13.2. The number of benzene rings is 1. The van der Waals surface area contributed by atoms with Crippen molar-refractivity contribution in [2.45, 2.75) is 52.4 Å². The molecule has 0 N–H and O–H groups in total. The van der Waals surface area contributed by atoms with E-state index in [1.807, 2.05) is 30.0 Å². The number of likely N-dealkylation sites (tertiary alicyclic amines) is 1. The van der Waals surface area contributed by atoms with E-state index in [4.69, 9.17) is 0 Å². The average Bonchev–Trinajstić information content (AvgIpc) is 2.52. The van der Waals surface area contributed by atoms with Gasteiger partial charge in [0.05, 0.1) is 0 Å². The van der Waals surface area contributed by atoms with Crippen LogP contribution in [0.1, 0.15) is 71.7 Å². The van der Waals surface area contributed by atoms with Crippen LogP contribution in [-0.2, 0) is 0 Å². The molecule has 0 atom stereocenters. The van der Waals surface area contributed by atoms with Crippen LogP contribution in [0.4, 0.5) is 0 Å². The molecule has 1 aliphatic rings. The Morgan fingerprint density at radius 2 is 1.86 bits per heavy atom. The number of hydrogen-bond donors (Lipinski definition) is 0. The number of hydrogen-bond acceptors (Lipinski definition) is 2. The van der Waals surface area contributed by atoms with Gasteiger partial charge in [0, 0.05) is 30.6 Å². The van der Waals surface area contributed by atoms with Crippen molar-refractivity contribution in [1.29, 1.82) is 0 Å². The van der Waals surface area contributed by atoms with Crippen LogP contribution < -0.4 is 0 Å². The molecule has 1 amide bonds. The summed E-state index contributed by atoms with van der Waals surface area (Å²) in [5.74, 6) is 0.289. The molecule has 2 rings (SSSR count).